The number of hydrogen-bond donors (Lipinski definition) is 0. The van der Waals surface area contributed by atoms with Gasteiger partial charge in [0.15, 0.2) is 0 Å². The third-order valence-electron chi connectivity index (χ3n) is 3.37. The number of fused-ring (bicyclic) bond motifs is 1. The van der Waals surface area contributed by atoms with E-state index in [4.69, 9.17) is 4.74 Å². The van der Waals surface area contributed by atoms with E-state index in [2.05, 4.69) is 30.3 Å². The van der Waals surface area contributed by atoms with Crippen LogP contribution in [0.4, 0.5) is 0 Å². The van der Waals surface area contributed by atoms with Gasteiger partial charge in [-0.05, 0) is 29.2 Å². The third-order valence-corrected chi connectivity index (χ3v) is 3.37. The Morgan fingerprint density at radius 3 is 2.71 bits per heavy atom. The molecule has 86 valence electrons. The normalized spacial score (nSPS) is 24.0. The van der Waals surface area contributed by atoms with Crippen molar-refractivity contribution in [2.75, 3.05) is 0 Å². The molecule has 0 amide bonds. The largest absolute Gasteiger partial charge is 0.363 e. The fourth-order valence-corrected chi connectivity index (χ4v) is 2.52. The molecule has 2 aromatic rings. The minimum absolute atomic E-state index is 0.0660. The molecule has 0 radical (unpaired) electrons. The van der Waals surface area contributed by atoms with Gasteiger partial charge in [0.25, 0.3) is 0 Å². The van der Waals surface area contributed by atoms with Crippen LogP contribution in [0.15, 0.2) is 42.5 Å². The highest BCUT2D eigenvalue weighted by molar-refractivity contribution is 5.86. The number of carbonyl (C=O) groups excluding carboxylic acids is 1. The summed E-state index contributed by atoms with van der Waals surface area (Å²) in [4.78, 5) is 10.7. The average Bonchev–Trinajstić information content (AvgIpc) is 2.87. The SMILES string of the molecule is O=CC1CCC(c2cccc3ccccc23)O1. The molecule has 0 bridgehead atoms. The topological polar surface area (TPSA) is 26.3 Å². The molecule has 1 aliphatic heterocycles. The maximum absolute atomic E-state index is 10.7. The first-order chi connectivity index (χ1) is 8.38. The number of ether oxygens (including phenoxy) is 1. The van der Waals surface area contributed by atoms with E-state index in [0.717, 1.165) is 19.1 Å². The second kappa shape index (κ2) is 4.30. The highest BCUT2D eigenvalue weighted by Gasteiger charge is 2.26. The minimum Gasteiger partial charge on any atom is -0.363 e. The summed E-state index contributed by atoms with van der Waals surface area (Å²) in [5, 5.41) is 2.45. The first kappa shape index (κ1) is 10.5. The first-order valence-electron chi connectivity index (χ1n) is 5.97. The fraction of sp³-hybridized carbons (Fsp3) is 0.267. The molecule has 2 heteroatoms. The maximum Gasteiger partial charge on any atom is 0.148 e. The number of aldehydes is 1. The smallest absolute Gasteiger partial charge is 0.148 e. The van der Waals surface area contributed by atoms with Gasteiger partial charge in [0.1, 0.15) is 12.4 Å². The van der Waals surface area contributed by atoms with Crippen molar-refractivity contribution in [3.8, 4) is 0 Å². The maximum atomic E-state index is 10.7. The van der Waals surface area contributed by atoms with Gasteiger partial charge in [-0.3, -0.25) is 0 Å². The molecule has 1 saturated heterocycles. The zero-order valence-corrected chi connectivity index (χ0v) is 9.50. The van der Waals surface area contributed by atoms with Crippen LogP contribution >= 0.6 is 0 Å². The van der Waals surface area contributed by atoms with Gasteiger partial charge in [0, 0.05) is 0 Å². The van der Waals surface area contributed by atoms with Gasteiger partial charge < -0.3 is 9.53 Å². The first-order valence-corrected chi connectivity index (χ1v) is 5.97. The van der Waals surface area contributed by atoms with Crippen molar-refractivity contribution in [2.24, 2.45) is 0 Å². The van der Waals surface area contributed by atoms with Crippen molar-refractivity contribution in [2.45, 2.75) is 25.0 Å². The minimum atomic E-state index is -0.223. The second-order valence-electron chi connectivity index (χ2n) is 4.44. The molecule has 17 heavy (non-hydrogen) atoms. The Morgan fingerprint density at radius 2 is 1.88 bits per heavy atom. The lowest BCUT2D eigenvalue weighted by Gasteiger charge is -2.13. The average molecular weight is 226 g/mol. The lowest BCUT2D eigenvalue weighted by atomic mass is 9.99. The number of carbonyl (C=O) groups is 1. The molecule has 2 atom stereocenters. The molecule has 1 fully saturated rings. The molecule has 0 saturated carbocycles. The summed E-state index contributed by atoms with van der Waals surface area (Å²) in [5.41, 5.74) is 1.20. The monoisotopic (exact) mass is 226 g/mol. The quantitative estimate of drug-likeness (QED) is 0.735. The molecule has 0 spiro atoms. The zero-order valence-electron chi connectivity index (χ0n) is 9.50. The van der Waals surface area contributed by atoms with Crippen LogP contribution < -0.4 is 0 Å². The molecule has 2 unspecified atom stereocenters. The Labute approximate surface area is 100 Å². The predicted octanol–water partition coefficient (Wildman–Crippen LogP) is 3.26. The van der Waals surface area contributed by atoms with Crippen molar-refractivity contribution in [1.29, 1.82) is 0 Å². The van der Waals surface area contributed by atoms with E-state index in [1.807, 2.05) is 12.1 Å². The molecule has 2 nitrogen and oxygen atoms in total. The molecule has 1 heterocycles. The Balaban J connectivity index is 2.03. The molecular weight excluding hydrogens is 212 g/mol. The lowest BCUT2D eigenvalue weighted by Crippen LogP contribution is -2.07. The summed E-state index contributed by atoms with van der Waals surface area (Å²) in [6, 6.07) is 14.5. The summed E-state index contributed by atoms with van der Waals surface area (Å²) < 4.78 is 5.74. The third kappa shape index (κ3) is 1.85. The lowest BCUT2D eigenvalue weighted by molar-refractivity contribution is -0.117. The van der Waals surface area contributed by atoms with Crippen LogP contribution in [0.25, 0.3) is 10.8 Å². The highest BCUT2D eigenvalue weighted by Crippen LogP contribution is 2.35. The standard InChI is InChI=1S/C15H14O2/c16-10-12-8-9-15(17-12)14-7-3-5-11-4-1-2-6-13(11)14/h1-7,10,12,15H,8-9H2. The van der Waals surface area contributed by atoms with Gasteiger partial charge in [0.2, 0.25) is 0 Å². The van der Waals surface area contributed by atoms with Crippen LogP contribution in [-0.2, 0) is 9.53 Å². The summed E-state index contributed by atoms with van der Waals surface area (Å²) in [5.74, 6) is 0. The van der Waals surface area contributed by atoms with Gasteiger partial charge in [-0.2, -0.15) is 0 Å². The van der Waals surface area contributed by atoms with Gasteiger partial charge in [-0.15, -0.1) is 0 Å². The van der Waals surface area contributed by atoms with Gasteiger partial charge >= 0.3 is 0 Å². The van der Waals surface area contributed by atoms with E-state index in [9.17, 15) is 4.79 Å². The van der Waals surface area contributed by atoms with Crippen LogP contribution in [0.5, 0.6) is 0 Å². The van der Waals surface area contributed by atoms with E-state index in [1.54, 1.807) is 0 Å². The van der Waals surface area contributed by atoms with Gasteiger partial charge in [-0.25, -0.2) is 0 Å². The van der Waals surface area contributed by atoms with Crippen LogP contribution in [0.3, 0.4) is 0 Å². The molecule has 1 aliphatic rings. The molecule has 0 aliphatic carbocycles. The van der Waals surface area contributed by atoms with Crippen molar-refractivity contribution in [3.63, 3.8) is 0 Å². The number of rotatable bonds is 2. The highest BCUT2D eigenvalue weighted by atomic mass is 16.5. The Morgan fingerprint density at radius 1 is 1.06 bits per heavy atom. The molecule has 3 rings (SSSR count). The van der Waals surface area contributed by atoms with Crippen LogP contribution in [0.2, 0.25) is 0 Å². The molecule has 0 N–H and O–H groups in total. The molecular formula is C15H14O2. The van der Waals surface area contributed by atoms with Crippen molar-refractivity contribution in [3.05, 3.63) is 48.0 Å². The van der Waals surface area contributed by atoms with E-state index in [0.29, 0.717) is 0 Å². The Bertz CT molecular complexity index is 542. The van der Waals surface area contributed by atoms with Crippen molar-refractivity contribution >= 4 is 17.1 Å². The summed E-state index contributed by atoms with van der Waals surface area (Å²) in [6.45, 7) is 0. The van der Waals surface area contributed by atoms with E-state index >= 15 is 0 Å². The van der Waals surface area contributed by atoms with Crippen LogP contribution in [0.1, 0.15) is 24.5 Å². The summed E-state index contributed by atoms with van der Waals surface area (Å²) in [6.07, 6.45) is 2.51. The zero-order chi connectivity index (χ0) is 11.7. The van der Waals surface area contributed by atoms with Gasteiger partial charge in [-0.1, -0.05) is 42.5 Å². The summed E-state index contributed by atoms with van der Waals surface area (Å²) in [7, 11) is 0. The summed E-state index contributed by atoms with van der Waals surface area (Å²) >= 11 is 0. The van der Waals surface area contributed by atoms with E-state index in [1.165, 1.54) is 16.3 Å². The fourth-order valence-electron chi connectivity index (χ4n) is 2.52. The number of hydrogen-bond acceptors (Lipinski definition) is 2. The van der Waals surface area contributed by atoms with Crippen LogP contribution in [0, 0.1) is 0 Å². The Kier molecular flexibility index (Phi) is 2.65. The number of benzene rings is 2. The van der Waals surface area contributed by atoms with E-state index in [-0.39, 0.29) is 12.2 Å². The van der Waals surface area contributed by atoms with Crippen molar-refractivity contribution in [1.82, 2.24) is 0 Å². The van der Waals surface area contributed by atoms with Crippen LogP contribution in [-0.4, -0.2) is 12.4 Å². The Hall–Kier alpha value is -1.67. The van der Waals surface area contributed by atoms with E-state index < -0.39 is 0 Å². The van der Waals surface area contributed by atoms with Crippen molar-refractivity contribution < 1.29 is 9.53 Å². The van der Waals surface area contributed by atoms with Gasteiger partial charge in [0.05, 0.1) is 6.10 Å². The second-order valence-corrected chi connectivity index (χ2v) is 4.44. The predicted molar refractivity (Wildman–Crippen MR) is 66.9 cm³/mol. The molecule has 2 aromatic carbocycles. The molecule has 0 aromatic heterocycles.